The van der Waals surface area contributed by atoms with Crippen LogP contribution in [0, 0.1) is 0 Å². The molecule has 1 amide bonds. The molecule has 4 rings (SSSR count). The number of benzene rings is 1. The Morgan fingerprint density at radius 1 is 0.789 bits per heavy atom. The number of amides is 1. The van der Waals surface area contributed by atoms with Crippen LogP contribution in [0.3, 0.4) is 0 Å². The number of carbonyl (C=O) groups is 1. The average molecular weight is 521 g/mol. The van der Waals surface area contributed by atoms with Crippen molar-refractivity contribution in [3.8, 4) is 0 Å². The lowest BCUT2D eigenvalue weighted by Crippen LogP contribution is -2.27. The van der Waals surface area contributed by atoms with Gasteiger partial charge in [-0.05, 0) is 37.1 Å². The number of hydrogen-bond acceptors (Lipinski definition) is 10. The molecule has 1 aliphatic carbocycles. The molecule has 1 saturated carbocycles. The molecule has 1 aliphatic rings. The normalized spacial score (nSPS) is 13.3. The molecule has 1 aromatic carbocycles. The lowest BCUT2D eigenvalue weighted by atomic mass is 10.2. The molecule has 38 heavy (non-hydrogen) atoms. The van der Waals surface area contributed by atoms with Crippen molar-refractivity contribution in [2.75, 3.05) is 55.5 Å². The largest absolute Gasteiger partial charge is 0.377 e. The van der Waals surface area contributed by atoms with Crippen LogP contribution in [0.25, 0.3) is 0 Å². The van der Waals surface area contributed by atoms with E-state index in [0.717, 1.165) is 18.5 Å². The van der Waals surface area contributed by atoms with Gasteiger partial charge in [0.1, 0.15) is 0 Å². The average Bonchev–Trinajstić information content (AvgIpc) is 3.47. The molecule has 0 radical (unpaired) electrons. The van der Waals surface area contributed by atoms with Crippen LogP contribution in [-0.4, -0.2) is 71.4 Å². The van der Waals surface area contributed by atoms with E-state index in [1.165, 1.54) is 12.8 Å². The number of aromatic nitrogens is 4. The Kier molecular flexibility index (Phi) is 11.0. The van der Waals surface area contributed by atoms with Crippen LogP contribution in [0.2, 0.25) is 0 Å². The highest BCUT2D eigenvalue weighted by atomic mass is 16.5. The van der Waals surface area contributed by atoms with Gasteiger partial charge in [0, 0.05) is 30.9 Å². The first-order valence-corrected chi connectivity index (χ1v) is 13.2. The van der Waals surface area contributed by atoms with Gasteiger partial charge in [-0.1, -0.05) is 37.1 Å². The van der Waals surface area contributed by atoms with Crippen LogP contribution < -0.4 is 21.3 Å². The molecule has 3 aromatic rings. The summed E-state index contributed by atoms with van der Waals surface area (Å²) in [7, 11) is 0. The van der Waals surface area contributed by atoms with Crippen molar-refractivity contribution in [2.45, 2.75) is 38.3 Å². The minimum atomic E-state index is -0.105. The second-order valence-corrected chi connectivity index (χ2v) is 8.88. The maximum Gasteiger partial charge on any atom is 0.251 e. The van der Waals surface area contributed by atoms with Crippen molar-refractivity contribution < 1.29 is 14.3 Å². The molecule has 0 bridgehead atoms. The summed E-state index contributed by atoms with van der Waals surface area (Å²) in [6.07, 6.45) is 6.46. The zero-order valence-electron chi connectivity index (χ0n) is 21.6. The van der Waals surface area contributed by atoms with Gasteiger partial charge in [0.15, 0.2) is 0 Å². The van der Waals surface area contributed by atoms with Crippen molar-refractivity contribution in [1.82, 2.24) is 25.3 Å². The minimum absolute atomic E-state index is 0.105. The van der Waals surface area contributed by atoms with Crippen LogP contribution in [0.5, 0.6) is 0 Å². The Hall–Kier alpha value is -3.83. The maximum atomic E-state index is 12.0. The Balaban J connectivity index is 1.13. The number of carbonyl (C=O) groups excluding carboxylic acids is 1. The topological polar surface area (TPSA) is 135 Å². The molecule has 1 fully saturated rings. The van der Waals surface area contributed by atoms with Crippen molar-refractivity contribution >= 4 is 23.8 Å². The van der Waals surface area contributed by atoms with Gasteiger partial charge in [0.25, 0.3) is 5.91 Å². The van der Waals surface area contributed by atoms with Gasteiger partial charge in [0.05, 0.1) is 38.7 Å². The molecule has 0 atom stereocenters. The maximum absolute atomic E-state index is 12.0. The fourth-order valence-corrected chi connectivity index (χ4v) is 4.01. The third-order valence-electron chi connectivity index (χ3n) is 5.95. The van der Waals surface area contributed by atoms with E-state index < -0.39 is 0 Å². The van der Waals surface area contributed by atoms with Gasteiger partial charge in [-0.15, -0.1) is 0 Å². The van der Waals surface area contributed by atoms with Crippen LogP contribution in [-0.2, 0) is 16.0 Å². The van der Waals surface area contributed by atoms with Gasteiger partial charge in [-0.25, -0.2) is 0 Å². The monoisotopic (exact) mass is 520 g/mol. The highest BCUT2D eigenvalue weighted by Crippen LogP contribution is 2.21. The highest BCUT2D eigenvalue weighted by Gasteiger charge is 2.17. The quantitative estimate of drug-likeness (QED) is 0.209. The predicted octanol–water partition coefficient (Wildman–Crippen LogP) is 3.11. The predicted molar refractivity (Wildman–Crippen MR) is 146 cm³/mol. The van der Waals surface area contributed by atoms with E-state index in [0.29, 0.717) is 75.5 Å². The molecular weight excluding hydrogens is 484 g/mol. The van der Waals surface area contributed by atoms with E-state index in [1.807, 2.05) is 36.4 Å². The molecule has 0 unspecified atom stereocenters. The van der Waals surface area contributed by atoms with Gasteiger partial charge >= 0.3 is 0 Å². The summed E-state index contributed by atoms with van der Waals surface area (Å²) in [5, 5.41) is 12.7. The van der Waals surface area contributed by atoms with Crippen LogP contribution in [0.4, 0.5) is 17.8 Å². The van der Waals surface area contributed by atoms with Crippen molar-refractivity contribution in [3.63, 3.8) is 0 Å². The molecule has 202 valence electrons. The second kappa shape index (κ2) is 15.4. The number of pyridine rings is 1. The fraction of sp³-hybridized carbons (Fsp3) is 0.444. The second-order valence-electron chi connectivity index (χ2n) is 8.88. The molecule has 2 heterocycles. The number of anilines is 3. The van der Waals surface area contributed by atoms with Gasteiger partial charge in [0.2, 0.25) is 17.8 Å². The number of nitrogens with one attached hydrogen (secondary N) is 4. The molecular formula is C27H36N8O3. The third-order valence-corrected chi connectivity index (χ3v) is 5.95. The molecule has 11 heteroatoms. The van der Waals surface area contributed by atoms with E-state index in [9.17, 15) is 4.79 Å². The Morgan fingerprint density at radius 3 is 2.21 bits per heavy atom. The lowest BCUT2D eigenvalue weighted by Gasteiger charge is -2.14. The van der Waals surface area contributed by atoms with E-state index in [2.05, 4.69) is 41.2 Å². The summed E-state index contributed by atoms with van der Waals surface area (Å²) in [5.74, 6) is 1.43. The van der Waals surface area contributed by atoms with Crippen molar-refractivity contribution in [3.05, 3.63) is 66.0 Å². The van der Waals surface area contributed by atoms with E-state index in [-0.39, 0.29) is 5.91 Å². The summed E-state index contributed by atoms with van der Waals surface area (Å²) in [4.78, 5) is 29.9. The van der Waals surface area contributed by atoms with E-state index in [1.54, 1.807) is 18.3 Å². The molecule has 11 nitrogen and oxygen atoms in total. The molecule has 0 spiro atoms. The van der Waals surface area contributed by atoms with Gasteiger partial charge < -0.3 is 30.7 Å². The smallest absolute Gasteiger partial charge is 0.251 e. The van der Waals surface area contributed by atoms with E-state index >= 15 is 0 Å². The first-order valence-electron chi connectivity index (χ1n) is 13.2. The molecule has 4 N–H and O–H groups in total. The van der Waals surface area contributed by atoms with Gasteiger partial charge in [-0.2, -0.15) is 15.0 Å². The third kappa shape index (κ3) is 9.56. The van der Waals surface area contributed by atoms with Crippen molar-refractivity contribution in [2.24, 2.45) is 0 Å². The summed E-state index contributed by atoms with van der Waals surface area (Å²) in [5.41, 5.74) is 1.54. The Morgan fingerprint density at radius 2 is 1.47 bits per heavy atom. The standard InChI is InChI=1S/C27H36N8O3/c36-24(21-8-2-1-3-9-21)29-14-16-37-18-19-38-17-15-30-25-33-26(31-20-23-12-6-7-13-28-23)35-27(34-25)32-22-10-4-5-11-22/h1-3,6-9,12-13,22H,4-5,10-11,14-20H2,(H,29,36)(H3,30,31,32,33,34,35). The number of nitrogens with zero attached hydrogens (tertiary/aromatic N) is 4. The minimum Gasteiger partial charge on any atom is -0.377 e. The molecule has 0 saturated heterocycles. The Labute approximate surface area is 223 Å². The zero-order chi connectivity index (χ0) is 26.3. The number of rotatable bonds is 16. The zero-order valence-corrected chi connectivity index (χ0v) is 21.6. The fourth-order valence-electron chi connectivity index (χ4n) is 4.01. The first kappa shape index (κ1) is 27.2. The van der Waals surface area contributed by atoms with Crippen LogP contribution in [0.1, 0.15) is 41.7 Å². The van der Waals surface area contributed by atoms with E-state index in [4.69, 9.17) is 9.47 Å². The lowest BCUT2D eigenvalue weighted by molar-refractivity contribution is 0.0519. The SMILES string of the molecule is O=C(NCCOCCOCCNc1nc(NCc2ccccn2)nc(NC2CCCC2)n1)c1ccccc1. The van der Waals surface area contributed by atoms with Crippen LogP contribution in [0.15, 0.2) is 54.7 Å². The summed E-state index contributed by atoms with van der Waals surface area (Å²) >= 11 is 0. The Bertz CT molecular complexity index is 1100. The summed E-state index contributed by atoms with van der Waals surface area (Å²) in [6, 6.07) is 15.3. The van der Waals surface area contributed by atoms with Crippen molar-refractivity contribution in [1.29, 1.82) is 0 Å². The summed E-state index contributed by atoms with van der Waals surface area (Å²) < 4.78 is 11.2. The highest BCUT2D eigenvalue weighted by molar-refractivity contribution is 5.94. The molecule has 2 aromatic heterocycles. The van der Waals surface area contributed by atoms with Gasteiger partial charge in [-0.3, -0.25) is 9.78 Å². The number of ether oxygens (including phenoxy) is 2. The summed E-state index contributed by atoms with van der Waals surface area (Å²) in [6.45, 7) is 3.31. The number of hydrogen-bond donors (Lipinski definition) is 4. The van der Waals surface area contributed by atoms with Crippen LogP contribution >= 0.6 is 0 Å². The molecule has 0 aliphatic heterocycles. The first-order chi connectivity index (χ1) is 18.8.